The summed E-state index contributed by atoms with van der Waals surface area (Å²) in [6, 6.07) is 0. The van der Waals surface area contributed by atoms with E-state index in [0.717, 1.165) is 0 Å². The van der Waals surface area contributed by atoms with Gasteiger partial charge in [-0.15, -0.1) is 0 Å². The first-order chi connectivity index (χ1) is 1.41. The molecular formula is CH3ClMgO. The van der Waals surface area contributed by atoms with Gasteiger partial charge in [-0.2, -0.15) is 0 Å². The van der Waals surface area contributed by atoms with Crippen molar-refractivity contribution in [3.05, 3.63) is 0 Å². The third-order valence-corrected chi connectivity index (χ3v) is 0. The van der Waals surface area contributed by atoms with Gasteiger partial charge in [-0.05, 0) is 11.6 Å². The van der Waals surface area contributed by atoms with Gasteiger partial charge >= 0.3 is 23.1 Å². The van der Waals surface area contributed by atoms with E-state index in [-0.39, 0.29) is 31.7 Å². The van der Waals surface area contributed by atoms with Crippen LogP contribution in [0.3, 0.4) is 0 Å². The van der Waals surface area contributed by atoms with Crippen LogP contribution in [-0.2, 0) is 4.79 Å². The van der Waals surface area contributed by atoms with E-state index in [2.05, 4.69) is 11.6 Å². The molecule has 0 bridgehead atoms. The molecule has 1 nitrogen and oxygen atoms in total. The first kappa shape index (κ1) is 8.83. The molecule has 3 heteroatoms. The fourth-order valence-corrected chi connectivity index (χ4v) is 0. The van der Waals surface area contributed by atoms with E-state index in [1.54, 1.807) is 0 Å². The first-order valence-electron chi connectivity index (χ1n) is 0.454. The molecule has 0 amide bonds. The van der Waals surface area contributed by atoms with Gasteiger partial charge in [0.2, 0.25) is 5.75 Å². The Kier molecular flexibility index (Phi) is 20.5. The van der Waals surface area contributed by atoms with E-state index in [1.165, 1.54) is 0 Å². The molecule has 0 unspecified atom stereocenters. The quantitative estimate of drug-likeness (QED) is 0.237. The maximum atomic E-state index is 8.57. The Balaban J connectivity index is -0.00000000667. The summed E-state index contributed by atoms with van der Waals surface area (Å²) in [5.74, 6) is 0.222. The third kappa shape index (κ3) is 15.4. The van der Waals surface area contributed by atoms with Crippen molar-refractivity contribution in [3.8, 4) is 0 Å². The Bertz CT molecular complexity index is 21.0. The number of carbonyl (C=O) groups excluding carboxylic acids is 1. The molecule has 0 aromatic heterocycles. The molecule has 0 aliphatic carbocycles. The summed E-state index contributed by atoms with van der Waals surface area (Å²) in [5, 5.41) is 0. The number of carbonyl (C=O) groups is 1. The van der Waals surface area contributed by atoms with Gasteiger partial charge in [-0.25, -0.2) is 0 Å². The van der Waals surface area contributed by atoms with Crippen LogP contribution in [0.2, 0.25) is 0 Å². The normalized spacial score (nSPS) is 3.25. The van der Waals surface area contributed by atoms with Gasteiger partial charge in [0.25, 0.3) is 0 Å². The number of halogens is 1. The van der Waals surface area contributed by atoms with Crippen molar-refractivity contribution in [3.63, 3.8) is 0 Å². The summed E-state index contributed by atoms with van der Waals surface area (Å²) < 4.78 is 0. The van der Waals surface area contributed by atoms with Crippen LogP contribution in [0.15, 0.2) is 0 Å². The molecule has 0 aliphatic heterocycles. The number of hydrogen-bond donors (Lipinski definition) is 0. The second-order valence-electron chi connectivity index (χ2n) is 0.0891. The average molecular weight is 90.8 g/mol. The maximum absolute atomic E-state index is 8.57. The summed E-state index contributed by atoms with van der Waals surface area (Å²) in [5.41, 5.74) is 0. The van der Waals surface area contributed by atoms with Crippen LogP contribution in [0.1, 0.15) is 2.85 Å². The molecule has 0 saturated carbocycles. The first-order valence-corrected chi connectivity index (χ1v) is 0.890. The summed E-state index contributed by atoms with van der Waals surface area (Å²) in [4.78, 5) is 8.57. The average Bonchev–Trinajstić information content (AvgIpc) is 0.918. The fraction of sp³-hybridized carbons (Fsp3) is 0. The topological polar surface area (TPSA) is 17.1 Å². The van der Waals surface area contributed by atoms with Gasteiger partial charge in [0.1, 0.15) is 0 Å². The maximum Gasteiger partial charge on any atom is 2.00 e. The third-order valence-electron chi connectivity index (χ3n) is 0. The van der Waals surface area contributed by atoms with Crippen molar-refractivity contribution < 1.29 is 7.65 Å². The SMILES string of the molecule is O=CCl.[H-].[H-].[Mg+2]. The molecule has 0 heterocycles. The molecule has 0 rings (SSSR count). The fourth-order valence-electron chi connectivity index (χ4n) is 0. The summed E-state index contributed by atoms with van der Waals surface area (Å²) in [6.45, 7) is 0. The Hall–Kier alpha value is 0.726. The molecule has 0 fully saturated rings. The molecule has 0 N–H and O–H groups in total. The van der Waals surface area contributed by atoms with E-state index in [1.807, 2.05) is 0 Å². The molecule has 4 heavy (non-hydrogen) atoms. The van der Waals surface area contributed by atoms with E-state index in [0.29, 0.717) is 0 Å². The van der Waals surface area contributed by atoms with Crippen LogP contribution in [0, 0.1) is 0 Å². The predicted molar refractivity (Wildman–Crippen MR) is 20.6 cm³/mol. The second-order valence-corrected chi connectivity index (χ2v) is 0.267. The Morgan fingerprint density at radius 1 is 2.00 bits per heavy atom. The standard InChI is InChI=1S/CHClO.Mg.2H/c2-1-3;;;/h1H;;;/q;+2;2*-1. The number of hydrogen-bond acceptors (Lipinski definition) is 1. The summed E-state index contributed by atoms with van der Waals surface area (Å²) in [6.07, 6.45) is 0. The zero-order chi connectivity index (χ0) is 2.71. The van der Waals surface area contributed by atoms with Crippen LogP contribution in [0.4, 0.5) is 0 Å². The van der Waals surface area contributed by atoms with Crippen molar-refractivity contribution >= 4 is 40.4 Å². The van der Waals surface area contributed by atoms with Crippen LogP contribution < -0.4 is 0 Å². The number of rotatable bonds is 0. The molecule has 0 aromatic rings. The Labute approximate surface area is 48.4 Å². The molecule has 0 aromatic carbocycles. The molecule has 0 atom stereocenters. The Morgan fingerprint density at radius 2 is 2.00 bits per heavy atom. The minimum atomic E-state index is 0. The summed E-state index contributed by atoms with van der Waals surface area (Å²) in [7, 11) is 0. The van der Waals surface area contributed by atoms with E-state index in [4.69, 9.17) is 4.79 Å². The van der Waals surface area contributed by atoms with Crippen molar-refractivity contribution in [2.24, 2.45) is 0 Å². The van der Waals surface area contributed by atoms with Crippen molar-refractivity contribution in [2.75, 3.05) is 0 Å². The zero-order valence-corrected chi connectivity index (χ0v) is 4.24. The van der Waals surface area contributed by atoms with Gasteiger partial charge in [0, 0.05) is 0 Å². The van der Waals surface area contributed by atoms with Gasteiger partial charge in [0.15, 0.2) is 0 Å². The molecule has 0 saturated heterocycles. The second kappa shape index (κ2) is 9.29. The molecule has 0 radical (unpaired) electrons. The van der Waals surface area contributed by atoms with E-state index >= 15 is 0 Å². The van der Waals surface area contributed by atoms with E-state index < -0.39 is 0 Å². The van der Waals surface area contributed by atoms with Crippen LogP contribution in [0.5, 0.6) is 0 Å². The molecule has 22 valence electrons. The largest absolute Gasteiger partial charge is 2.00 e. The van der Waals surface area contributed by atoms with Gasteiger partial charge in [-0.1, -0.05) is 0 Å². The van der Waals surface area contributed by atoms with Crippen LogP contribution in [0.25, 0.3) is 0 Å². The van der Waals surface area contributed by atoms with Gasteiger partial charge in [0.05, 0.1) is 0 Å². The molecule has 0 spiro atoms. The van der Waals surface area contributed by atoms with Crippen LogP contribution >= 0.6 is 11.6 Å². The van der Waals surface area contributed by atoms with E-state index in [9.17, 15) is 0 Å². The van der Waals surface area contributed by atoms with Crippen molar-refractivity contribution in [2.45, 2.75) is 0 Å². The predicted octanol–water partition coefficient (Wildman–Crippen LogP) is 0.260. The zero-order valence-electron chi connectivity index (χ0n) is 4.07. The molecular weight excluding hydrogens is 87.8 g/mol. The minimum absolute atomic E-state index is 0. The summed E-state index contributed by atoms with van der Waals surface area (Å²) >= 11 is 4.32. The van der Waals surface area contributed by atoms with Crippen molar-refractivity contribution in [1.82, 2.24) is 0 Å². The van der Waals surface area contributed by atoms with Crippen molar-refractivity contribution in [1.29, 1.82) is 0 Å². The van der Waals surface area contributed by atoms with Gasteiger partial charge < -0.3 is 2.85 Å². The van der Waals surface area contributed by atoms with Gasteiger partial charge in [-0.3, -0.25) is 4.79 Å². The minimum Gasteiger partial charge on any atom is -1.00 e. The molecule has 0 aliphatic rings. The smallest absolute Gasteiger partial charge is 1.00 e. The van der Waals surface area contributed by atoms with Crippen LogP contribution in [-0.4, -0.2) is 28.8 Å². The monoisotopic (exact) mass is 90.0 g/mol. The Morgan fingerprint density at radius 3 is 2.00 bits per heavy atom.